The Balaban J connectivity index is 1.68. The molecular weight excluding hydrogens is 282 g/mol. The van der Waals surface area contributed by atoms with Crippen molar-refractivity contribution in [2.24, 2.45) is 0 Å². The minimum absolute atomic E-state index is 0.0213. The van der Waals surface area contributed by atoms with E-state index in [1.165, 1.54) is 18.6 Å². The molecule has 0 aliphatic heterocycles. The van der Waals surface area contributed by atoms with Gasteiger partial charge in [-0.1, -0.05) is 0 Å². The number of anilines is 1. The smallest absolute Gasteiger partial charge is 0.387 e. The fourth-order valence-corrected chi connectivity index (χ4v) is 1.77. The summed E-state index contributed by atoms with van der Waals surface area (Å²) in [7, 11) is 0. The number of aromatic nitrogens is 5. The lowest BCUT2D eigenvalue weighted by Gasteiger charge is -2.07. The van der Waals surface area contributed by atoms with Crippen LogP contribution in [0, 0.1) is 0 Å². The molecule has 0 spiro atoms. The lowest BCUT2D eigenvalue weighted by Crippen LogP contribution is -2.05. The van der Waals surface area contributed by atoms with Crippen LogP contribution in [-0.4, -0.2) is 31.8 Å². The molecule has 0 saturated heterocycles. The zero-order valence-corrected chi connectivity index (χ0v) is 10.6. The van der Waals surface area contributed by atoms with Crippen LogP contribution in [0.2, 0.25) is 0 Å². The van der Waals surface area contributed by atoms with E-state index in [9.17, 15) is 8.78 Å². The number of ether oxygens (including phenoxy) is 1. The fraction of sp³-hybridized carbons (Fsp3) is 0.167. The number of halogens is 2. The molecule has 3 aromatic heterocycles. The predicted octanol–water partition coefficient (Wildman–Crippen LogP) is 1.96. The number of H-pyrrole nitrogens is 1. The molecule has 0 aromatic carbocycles. The van der Waals surface area contributed by atoms with Crippen molar-refractivity contribution in [1.82, 2.24) is 25.1 Å². The molecule has 2 N–H and O–H groups in total. The molecule has 0 fully saturated rings. The first-order valence-electron chi connectivity index (χ1n) is 6.00. The lowest BCUT2D eigenvalue weighted by atomic mass is 10.3. The summed E-state index contributed by atoms with van der Waals surface area (Å²) in [6, 6.07) is 3.03. The van der Waals surface area contributed by atoms with Crippen LogP contribution < -0.4 is 10.1 Å². The van der Waals surface area contributed by atoms with E-state index in [2.05, 4.69) is 35.2 Å². The van der Waals surface area contributed by atoms with Gasteiger partial charge in [0.1, 0.15) is 17.9 Å². The van der Waals surface area contributed by atoms with Gasteiger partial charge in [-0.25, -0.2) is 9.97 Å². The molecule has 0 unspecified atom stereocenters. The first kappa shape index (κ1) is 13.2. The lowest BCUT2D eigenvalue weighted by molar-refractivity contribution is -0.0500. The second-order valence-electron chi connectivity index (χ2n) is 4.07. The van der Waals surface area contributed by atoms with Crippen LogP contribution in [0.25, 0.3) is 11.0 Å². The van der Waals surface area contributed by atoms with Crippen LogP contribution in [0.5, 0.6) is 5.75 Å². The van der Waals surface area contributed by atoms with E-state index in [1.807, 2.05) is 0 Å². The Morgan fingerprint density at radius 2 is 2.10 bits per heavy atom. The van der Waals surface area contributed by atoms with E-state index < -0.39 is 6.61 Å². The van der Waals surface area contributed by atoms with Crippen molar-refractivity contribution in [2.45, 2.75) is 13.2 Å². The minimum atomic E-state index is -2.86. The van der Waals surface area contributed by atoms with Gasteiger partial charge in [-0.15, -0.1) is 0 Å². The van der Waals surface area contributed by atoms with E-state index in [0.29, 0.717) is 23.7 Å². The van der Waals surface area contributed by atoms with Crippen LogP contribution in [0.3, 0.4) is 0 Å². The van der Waals surface area contributed by atoms with Crippen LogP contribution >= 0.6 is 0 Å². The molecule has 0 radical (unpaired) electrons. The van der Waals surface area contributed by atoms with Gasteiger partial charge in [0.2, 0.25) is 0 Å². The highest BCUT2D eigenvalue weighted by molar-refractivity contribution is 5.85. The van der Waals surface area contributed by atoms with Crippen LogP contribution in [-0.2, 0) is 6.54 Å². The zero-order chi connectivity index (χ0) is 14.7. The summed E-state index contributed by atoms with van der Waals surface area (Å²) in [5.74, 6) is 0.636. The molecule has 0 amide bonds. The number of fused-ring (bicyclic) bond motifs is 1. The summed E-state index contributed by atoms with van der Waals surface area (Å²) in [4.78, 5) is 12.2. The van der Waals surface area contributed by atoms with E-state index in [4.69, 9.17) is 0 Å². The van der Waals surface area contributed by atoms with Crippen LogP contribution in [0.15, 0.2) is 30.9 Å². The van der Waals surface area contributed by atoms with Gasteiger partial charge in [0.25, 0.3) is 0 Å². The number of aromatic amines is 1. The summed E-state index contributed by atoms with van der Waals surface area (Å²) in [5, 5.41) is 10.5. The Morgan fingerprint density at radius 1 is 1.19 bits per heavy atom. The number of nitrogens with zero attached hydrogens (tertiary/aromatic N) is 4. The largest absolute Gasteiger partial charge is 0.433 e. The van der Waals surface area contributed by atoms with Crippen molar-refractivity contribution < 1.29 is 13.5 Å². The molecule has 0 atom stereocenters. The second-order valence-corrected chi connectivity index (χ2v) is 4.07. The molecule has 21 heavy (non-hydrogen) atoms. The van der Waals surface area contributed by atoms with Gasteiger partial charge in [-0.3, -0.25) is 10.1 Å². The molecule has 0 saturated carbocycles. The topological polar surface area (TPSA) is 88.6 Å². The molecule has 0 aliphatic rings. The predicted molar refractivity (Wildman–Crippen MR) is 69.9 cm³/mol. The third-order valence-corrected chi connectivity index (χ3v) is 2.71. The Labute approximate surface area is 117 Å². The minimum Gasteiger partial charge on any atom is -0.433 e. The first-order chi connectivity index (χ1) is 10.2. The SMILES string of the molecule is FC(F)Oc1ccc(CNc2ncnc3[nH]ncc23)nc1. The van der Waals surface area contributed by atoms with Crippen molar-refractivity contribution in [3.63, 3.8) is 0 Å². The Bertz CT molecular complexity index is 730. The Kier molecular flexibility index (Phi) is 3.54. The maximum absolute atomic E-state index is 12.0. The van der Waals surface area contributed by atoms with Crippen LogP contribution in [0.4, 0.5) is 14.6 Å². The van der Waals surface area contributed by atoms with Crippen LogP contribution in [0.1, 0.15) is 5.69 Å². The monoisotopic (exact) mass is 292 g/mol. The average molecular weight is 292 g/mol. The van der Waals surface area contributed by atoms with Crippen molar-refractivity contribution in [2.75, 3.05) is 5.32 Å². The van der Waals surface area contributed by atoms with E-state index >= 15 is 0 Å². The second kappa shape index (κ2) is 5.65. The summed E-state index contributed by atoms with van der Waals surface area (Å²) < 4.78 is 28.3. The molecule has 0 aliphatic carbocycles. The Morgan fingerprint density at radius 3 is 2.86 bits per heavy atom. The van der Waals surface area contributed by atoms with Gasteiger partial charge in [-0.05, 0) is 12.1 Å². The van der Waals surface area contributed by atoms with Gasteiger partial charge >= 0.3 is 6.61 Å². The van der Waals surface area contributed by atoms with Crippen molar-refractivity contribution in [3.05, 3.63) is 36.5 Å². The molecular formula is C12H10F2N6O. The maximum Gasteiger partial charge on any atom is 0.387 e. The van der Waals surface area contributed by atoms with Gasteiger partial charge in [0, 0.05) is 0 Å². The molecule has 108 valence electrons. The quantitative estimate of drug-likeness (QED) is 0.747. The van der Waals surface area contributed by atoms with Gasteiger partial charge in [0.15, 0.2) is 5.65 Å². The highest BCUT2D eigenvalue weighted by Crippen LogP contribution is 2.17. The van der Waals surface area contributed by atoms with Gasteiger partial charge in [-0.2, -0.15) is 13.9 Å². The van der Waals surface area contributed by atoms with E-state index in [-0.39, 0.29) is 5.75 Å². The third-order valence-electron chi connectivity index (χ3n) is 2.71. The average Bonchev–Trinajstić information content (AvgIpc) is 2.95. The highest BCUT2D eigenvalue weighted by atomic mass is 19.3. The maximum atomic E-state index is 12.0. The molecule has 9 heteroatoms. The number of alkyl halides is 2. The first-order valence-corrected chi connectivity index (χ1v) is 6.00. The standard InChI is InChI=1S/C12H10F2N6O/c13-12(14)21-8-2-1-7(15-4-8)3-16-10-9-5-19-20-11(9)18-6-17-10/h1-2,4-6,12H,3H2,(H2,16,17,18,19,20). The Hall–Kier alpha value is -2.84. The highest BCUT2D eigenvalue weighted by Gasteiger charge is 2.06. The summed E-state index contributed by atoms with van der Waals surface area (Å²) in [6.45, 7) is -2.47. The van der Waals surface area contributed by atoms with Gasteiger partial charge < -0.3 is 10.1 Å². The normalized spacial score (nSPS) is 11.0. The number of hydrogen-bond acceptors (Lipinski definition) is 6. The zero-order valence-electron chi connectivity index (χ0n) is 10.6. The molecule has 0 bridgehead atoms. The van der Waals surface area contributed by atoms with Gasteiger partial charge in [0.05, 0.1) is 30.0 Å². The molecule has 3 aromatic rings. The summed E-state index contributed by atoms with van der Waals surface area (Å²) >= 11 is 0. The fourth-order valence-electron chi connectivity index (χ4n) is 1.77. The van der Waals surface area contributed by atoms with E-state index in [1.54, 1.807) is 12.3 Å². The molecule has 3 rings (SSSR count). The third kappa shape index (κ3) is 3.02. The number of hydrogen-bond donors (Lipinski definition) is 2. The van der Waals surface area contributed by atoms with Crippen molar-refractivity contribution >= 4 is 16.9 Å². The summed E-state index contributed by atoms with van der Waals surface area (Å²) in [6.07, 6.45) is 4.27. The van der Waals surface area contributed by atoms with E-state index in [0.717, 1.165) is 5.39 Å². The van der Waals surface area contributed by atoms with Crippen molar-refractivity contribution in [3.8, 4) is 5.75 Å². The number of rotatable bonds is 5. The van der Waals surface area contributed by atoms with Crippen molar-refractivity contribution in [1.29, 1.82) is 0 Å². The number of nitrogens with one attached hydrogen (secondary N) is 2. The molecule has 7 nitrogen and oxygen atoms in total. The summed E-state index contributed by atoms with van der Waals surface area (Å²) in [5.41, 5.74) is 1.29. The molecule has 3 heterocycles. The number of pyridine rings is 1.